The highest BCUT2D eigenvalue weighted by atomic mass is 16.6. The Labute approximate surface area is 170 Å². The maximum absolute atomic E-state index is 11.3. The number of aryl methyl sites for hydroxylation is 1. The molecule has 0 bridgehead atoms. The van der Waals surface area contributed by atoms with Crippen LogP contribution < -0.4 is 9.47 Å². The minimum absolute atomic E-state index is 0.206. The number of fused-ring (bicyclic) bond motifs is 1. The highest BCUT2D eigenvalue weighted by Gasteiger charge is 2.15. The SMILES string of the molecule is C=CC(=O)OC(C)COc1cc(C)c(OCC(C)OC(=O)C=C)c2ccccc12. The highest BCUT2D eigenvalue weighted by molar-refractivity contribution is 5.94. The second-order valence-corrected chi connectivity index (χ2v) is 6.59. The number of hydrogen-bond acceptors (Lipinski definition) is 6. The topological polar surface area (TPSA) is 71.1 Å². The summed E-state index contributed by atoms with van der Waals surface area (Å²) in [5.74, 6) is 0.383. The van der Waals surface area contributed by atoms with E-state index in [2.05, 4.69) is 13.2 Å². The maximum atomic E-state index is 11.3. The summed E-state index contributed by atoms with van der Waals surface area (Å²) in [5.41, 5.74) is 0.872. The molecule has 29 heavy (non-hydrogen) atoms. The lowest BCUT2D eigenvalue weighted by Gasteiger charge is -2.19. The van der Waals surface area contributed by atoms with E-state index in [1.165, 1.54) is 0 Å². The Morgan fingerprint density at radius 2 is 1.45 bits per heavy atom. The van der Waals surface area contributed by atoms with Crippen molar-refractivity contribution in [2.45, 2.75) is 33.0 Å². The molecule has 0 radical (unpaired) electrons. The van der Waals surface area contributed by atoms with Gasteiger partial charge in [-0.15, -0.1) is 0 Å². The molecule has 2 rings (SSSR count). The van der Waals surface area contributed by atoms with Gasteiger partial charge in [0.15, 0.2) is 0 Å². The Morgan fingerprint density at radius 3 is 2.00 bits per heavy atom. The molecule has 6 heteroatoms. The van der Waals surface area contributed by atoms with Gasteiger partial charge in [-0.3, -0.25) is 0 Å². The second kappa shape index (κ2) is 10.3. The molecule has 0 aliphatic rings. The Balaban J connectivity index is 2.18. The predicted octanol–water partition coefficient (Wildman–Crippen LogP) is 4.14. The molecule has 2 aromatic rings. The summed E-state index contributed by atoms with van der Waals surface area (Å²) in [6, 6.07) is 9.56. The molecule has 0 aliphatic heterocycles. The van der Waals surface area contributed by atoms with Crippen molar-refractivity contribution in [3.05, 3.63) is 61.2 Å². The van der Waals surface area contributed by atoms with Crippen LogP contribution in [0.4, 0.5) is 0 Å². The molecule has 0 saturated carbocycles. The number of carbonyl (C=O) groups excluding carboxylic acids is 2. The van der Waals surface area contributed by atoms with Gasteiger partial charge >= 0.3 is 11.9 Å². The van der Waals surface area contributed by atoms with Crippen molar-refractivity contribution < 1.29 is 28.5 Å². The predicted molar refractivity (Wildman–Crippen MR) is 111 cm³/mol. The molecule has 2 unspecified atom stereocenters. The van der Waals surface area contributed by atoms with Crippen molar-refractivity contribution in [2.24, 2.45) is 0 Å². The van der Waals surface area contributed by atoms with Gasteiger partial charge in [0, 0.05) is 22.9 Å². The van der Waals surface area contributed by atoms with Crippen LogP contribution in [-0.2, 0) is 19.1 Å². The standard InChI is InChI=1S/C23H26O6/c1-6-21(24)28-16(4)13-26-20-12-15(3)23(19-11-9-8-10-18(19)20)27-14-17(5)29-22(25)7-2/h6-12,16-17H,1-2,13-14H2,3-5H3. The summed E-state index contributed by atoms with van der Waals surface area (Å²) in [4.78, 5) is 22.6. The number of carbonyl (C=O) groups is 2. The normalized spacial score (nSPS) is 12.5. The molecule has 154 valence electrons. The molecule has 6 nitrogen and oxygen atoms in total. The van der Waals surface area contributed by atoms with Crippen LogP contribution in [0.25, 0.3) is 10.8 Å². The Bertz CT molecular complexity index is 902. The van der Waals surface area contributed by atoms with Gasteiger partial charge in [-0.1, -0.05) is 37.4 Å². The third-order valence-corrected chi connectivity index (χ3v) is 4.05. The van der Waals surface area contributed by atoms with Crippen LogP contribution in [0.1, 0.15) is 19.4 Å². The third-order valence-electron chi connectivity index (χ3n) is 4.05. The molecular formula is C23H26O6. The van der Waals surface area contributed by atoms with Crippen LogP contribution in [0.3, 0.4) is 0 Å². The first-order valence-electron chi connectivity index (χ1n) is 9.29. The average Bonchev–Trinajstić information content (AvgIpc) is 2.71. The molecule has 0 saturated heterocycles. The maximum Gasteiger partial charge on any atom is 0.330 e. The lowest BCUT2D eigenvalue weighted by Crippen LogP contribution is -2.21. The van der Waals surface area contributed by atoms with Crippen molar-refractivity contribution in [1.29, 1.82) is 0 Å². The van der Waals surface area contributed by atoms with E-state index in [1.54, 1.807) is 13.8 Å². The molecule has 0 fully saturated rings. The van der Waals surface area contributed by atoms with Gasteiger partial charge in [0.1, 0.15) is 36.9 Å². The van der Waals surface area contributed by atoms with Gasteiger partial charge in [-0.25, -0.2) is 9.59 Å². The summed E-state index contributed by atoms with van der Waals surface area (Å²) in [7, 11) is 0. The average molecular weight is 398 g/mol. The minimum Gasteiger partial charge on any atom is -0.489 e. The van der Waals surface area contributed by atoms with Crippen LogP contribution in [-0.4, -0.2) is 37.4 Å². The molecule has 0 N–H and O–H groups in total. The number of benzene rings is 2. The monoisotopic (exact) mass is 398 g/mol. The zero-order valence-corrected chi connectivity index (χ0v) is 17.0. The summed E-state index contributed by atoms with van der Waals surface area (Å²) >= 11 is 0. The van der Waals surface area contributed by atoms with Gasteiger partial charge in [0.05, 0.1) is 0 Å². The van der Waals surface area contributed by atoms with E-state index < -0.39 is 24.1 Å². The molecule has 0 heterocycles. The van der Waals surface area contributed by atoms with E-state index in [1.807, 2.05) is 37.3 Å². The van der Waals surface area contributed by atoms with Crippen molar-refractivity contribution >= 4 is 22.7 Å². The summed E-state index contributed by atoms with van der Waals surface area (Å²) in [5, 5.41) is 1.74. The largest absolute Gasteiger partial charge is 0.489 e. The lowest BCUT2D eigenvalue weighted by atomic mass is 10.0. The molecular weight excluding hydrogens is 372 g/mol. The summed E-state index contributed by atoms with van der Waals surface area (Å²) < 4.78 is 22.2. The van der Waals surface area contributed by atoms with Crippen LogP contribution in [0, 0.1) is 6.92 Å². The zero-order valence-electron chi connectivity index (χ0n) is 17.0. The van der Waals surface area contributed by atoms with Crippen LogP contribution in [0.15, 0.2) is 55.6 Å². The molecule has 0 spiro atoms. The molecule has 2 atom stereocenters. The molecule has 0 amide bonds. The fourth-order valence-electron chi connectivity index (χ4n) is 2.73. The van der Waals surface area contributed by atoms with E-state index in [0.717, 1.165) is 28.5 Å². The number of hydrogen-bond donors (Lipinski definition) is 0. The quantitative estimate of drug-likeness (QED) is 0.442. The van der Waals surface area contributed by atoms with E-state index in [0.29, 0.717) is 11.5 Å². The van der Waals surface area contributed by atoms with Crippen LogP contribution in [0.5, 0.6) is 11.5 Å². The summed E-state index contributed by atoms with van der Waals surface area (Å²) in [6.45, 7) is 12.6. The van der Waals surface area contributed by atoms with Crippen LogP contribution in [0.2, 0.25) is 0 Å². The summed E-state index contributed by atoms with van der Waals surface area (Å²) in [6.07, 6.45) is 1.40. The first kappa shape index (κ1) is 22.0. The first-order chi connectivity index (χ1) is 13.8. The molecule has 0 aliphatic carbocycles. The van der Waals surface area contributed by atoms with E-state index in [9.17, 15) is 9.59 Å². The van der Waals surface area contributed by atoms with Gasteiger partial charge in [-0.05, 0) is 32.4 Å². The van der Waals surface area contributed by atoms with Gasteiger partial charge in [0.2, 0.25) is 0 Å². The van der Waals surface area contributed by atoms with Crippen molar-refractivity contribution in [2.75, 3.05) is 13.2 Å². The molecule has 0 aromatic heterocycles. The fourth-order valence-corrected chi connectivity index (χ4v) is 2.73. The Kier molecular flexibility index (Phi) is 7.83. The minimum atomic E-state index is -0.489. The van der Waals surface area contributed by atoms with Crippen molar-refractivity contribution in [3.8, 4) is 11.5 Å². The van der Waals surface area contributed by atoms with Gasteiger partial charge < -0.3 is 18.9 Å². The number of ether oxygens (including phenoxy) is 4. The van der Waals surface area contributed by atoms with E-state index in [-0.39, 0.29) is 13.2 Å². The third kappa shape index (κ3) is 6.10. The second-order valence-electron chi connectivity index (χ2n) is 6.59. The number of esters is 2. The number of rotatable bonds is 10. The fraction of sp³-hybridized carbons (Fsp3) is 0.304. The first-order valence-corrected chi connectivity index (χ1v) is 9.29. The van der Waals surface area contributed by atoms with Crippen molar-refractivity contribution in [3.63, 3.8) is 0 Å². The Morgan fingerprint density at radius 1 is 0.931 bits per heavy atom. The smallest absolute Gasteiger partial charge is 0.330 e. The van der Waals surface area contributed by atoms with E-state index in [4.69, 9.17) is 18.9 Å². The molecule has 2 aromatic carbocycles. The van der Waals surface area contributed by atoms with Gasteiger partial charge in [0.25, 0.3) is 0 Å². The van der Waals surface area contributed by atoms with Crippen LogP contribution >= 0.6 is 0 Å². The van der Waals surface area contributed by atoms with E-state index >= 15 is 0 Å². The van der Waals surface area contributed by atoms with Crippen molar-refractivity contribution in [1.82, 2.24) is 0 Å². The van der Waals surface area contributed by atoms with Gasteiger partial charge in [-0.2, -0.15) is 0 Å². The highest BCUT2D eigenvalue weighted by Crippen LogP contribution is 2.36. The Hall–Kier alpha value is -3.28. The lowest BCUT2D eigenvalue weighted by molar-refractivity contribution is -0.144. The zero-order chi connectivity index (χ0) is 21.4.